The highest BCUT2D eigenvalue weighted by Crippen LogP contribution is 2.32. The molecule has 1 aliphatic rings. The van der Waals surface area contributed by atoms with Gasteiger partial charge in [0.05, 0.1) is 7.11 Å². The lowest BCUT2D eigenvalue weighted by atomic mass is 9.98. The molecule has 1 saturated heterocycles. The average molecular weight is 482 g/mol. The summed E-state index contributed by atoms with van der Waals surface area (Å²) in [7, 11) is 1.19. The first-order chi connectivity index (χ1) is 16.0. The molecule has 5 unspecified atom stereocenters. The first kappa shape index (κ1) is 26.6. The molecular weight excluding hydrogens is 456 g/mol. The van der Waals surface area contributed by atoms with Gasteiger partial charge in [0, 0.05) is 27.7 Å². The van der Waals surface area contributed by atoms with E-state index >= 15 is 0 Å². The van der Waals surface area contributed by atoms with E-state index in [2.05, 4.69) is 0 Å². The van der Waals surface area contributed by atoms with E-state index in [1.807, 2.05) is 0 Å². The van der Waals surface area contributed by atoms with E-state index in [0.29, 0.717) is 0 Å². The molecule has 1 heterocycles. The molecule has 12 nitrogen and oxygen atoms in total. The number of esters is 5. The normalized spacial score (nSPS) is 23.7. The fourth-order valence-electron chi connectivity index (χ4n) is 3.26. The van der Waals surface area contributed by atoms with Crippen LogP contribution in [0, 0.1) is 0 Å². The molecular formula is C22H26O12. The lowest BCUT2D eigenvalue weighted by molar-refractivity contribution is -0.288. The zero-order valence-electron chi connectivity index (χ0n) is 19.3. The van der Waals surface area contributed by atoms with Gasteiger partial charge >= 0.3 is 29.8 Å². The number of benzene rings is 1. The van der Waals surface area contributed by atoms with Crippen LogP contribution in [0.3, 0.4) is 0 Å². The third kappa shape index (κ3) is 7.17. The van der Waals surface area contributed by atoms with Crippen molar-refractivity contribution in [1.82, 2.24) is 0 Å². The standard InChI is InChI=1S/C22H26O12/c1-11(23)29-10-17-18(30-12(2)24)19(31-13(3)25)20(32-14(4)26)22(34-17)33-16-9-7-6-8-15(16)21(27)28-5/h6-9,17-20,22H,10H2,1-5H3. The molecule has 12 heteroatoms. The van der Waals surface area contributed by atoms with Crippen LogP contribution in [0.4, 0.5) is 0 Å². The lowest BCUT2D eigenvalue weighted by Gasteiger charge is -2.44. The van der Waals surface area contributed by atoms with Crippen molar-refractivity contribution in [3.05, 3.63) is 29.8 Å². The molecule has 0 saturated carbocycles. The summed E-state index contributed by atoms with van der Waals surface area (Å²) < 4.78 is 37.4. The molecule has 1 fully saturated rings. The highest BCUT2D eigenvalue weighted by atomic mass is 16.7. The molecule has 0 bridgehead atoms. The Morgan fingerprint density at radius 3 is 1.91 bits per heavy atom. The van der Waals surface area contributed by atoms with Gasteiger partial charge in [0.1, 0.15) is 24.0 Å². The van der Waals surface area contributed by atoms with E-state index in [1.54, 1.807) is 12.1 Å². The Bertz CT molecular complexity index is 926. The van der Waals surface area contributed by atoms with E-state index in [-0.39, 0.29) is 11.3 Å². The van der Waals surface area contributed by atoms with Gasteiger partial charge in [0.2, 0.25) is 12.4 Å². The van der Waals surface area contributed by atoms with Crippen LogP contribution >= 0.6 is 0 Å². The second-order valence-corrected chi connectivity index (χ2v) is 7.17. The lowest BCUT2D eigenvalue weighted by Crippen LogP contribution is -2.63. The second-order valence-electron chi connectivity index (χ2n) is 7.17. The van der Waals surface area contributed by atoms with Crippen molar-refractivity contribution in [2.24, 2.45) is 0 Å². The number of hydrogen-bond donors (Lipinski definition) is 0. The third-order valence-corrected chi connectivity index (χ3v) is 4.48. The van der Waals surface area contributed by atoms with E-state index < -0.39 is 67.2 Å². The zero-order chi connectivity index (χ0) is 25.4. The second kappa shape index (κ2) is 12.0. The van der Waals surface area contributed by atoms with Crippen LogP contribution < -0.4 is 4.74 Å². The monoisotopic (exact) mass is 482 g/mol. The van der Waals surface area contributed by atoms with Crippen LogP contribution in [0.15, 0.2) is 24.3 Å². The molecule has 0 aliphatic carbocycles. The minimum atomic E-state index is -1.47. The molecule has 0 aromatic heterocycles. The van der Waals surface area contributed by atoms with Crippen LogP contribution in [-0.4, -0.2) is 74.3 Å². The number of carbonyl (C=O) groups excluding carboxylic acids is 5. The molecule has 186 valence electrons. The molecule has 2 rings (SSSR count). The molecule has 0 N–H and O–H groups in total. The largest absolute Gasteiger partial charge is 0.465 e. The third-order valence-electron chi connectivity index (χ3n) is 4.48. The van der Waals surface area contributed by atoms with Crippen molar-refractivity contribution in [1.29, 1.82) is 0 Å². The number of methoxy groups -OCH3 is 1. The minimum absolute atomic E-state index is 0.00949. The zero-order valence-corrected chi connectivity index (χ0v) is 19.3. The van der Waals surface area contributed by atoms with Crippen LogP contribution in [0.2, 0.25) is 0 Å². The summed E-state index contributed by atoms with van der Waals surface area (Å²) in [4.78, 5) is 59.0. The van der Waals surface area contributed by atoms with Crippen molar-refractivity contribution in [3.63, 3.8) is 0 Å². The van der Waals surface area contributed by atoms with Gasteiger partial charge in [-0.05, 0) is 12.1 Å². The number of carbonyl (C=O) groups is 5. The van der Waals surface area contributed by atoms with Crippen molar-refractivity contribution < 1.29 is 57.1 Å². The van der Waals surface area contributed by atoms with Crippen LogP contribution in [0.5, 0.6) is 5.75 Å². The first-order valence-corrected chi connectivity index (χ1v) is 10.2. The van der Waals surface area contributed by atoms with E-state index in [4.69, 9.17) is 33.2 Å². The van der Waals surface area contributed by atoms with Gasteiger partial charge in [-0.2, -0.15) is 0 Å². The molecule has 5 atom stereocenters. The fourth-order valence-corrected chi connectivity index (χ4v) is 3.26. The summed E-state index contributed by atoms with van der Waals surface area (Å²) in [5.41, 5.74) is 0.0397. The van der Waals surface area contributed by atoms with Crippen LogP contribution in [0.25, 0.3) is 0 Å². The van der Waals surface area contributed by atoms with Gasteiger partial charge in [-0.25, -0.2) is 4.79 Å². The van der Waals surface area contributed by atoms with Crippen molar-refractivity contribution >= 4 is 29.8 Å². The molecule has 0 amide bonds. The highest BCUT2D eigenvalue weighted by molar-refractivity contribution is 5.92. The van der Waals surface area contributed by atoms with E-state index in [9.17, 15) is 24.0 Å². The quantitative estimate of drug-likeness (QED) is 0.383. The van der Waals surface area contributed by atoms with Gasteiger partial charge in [0.25, 0.3) is 0 Å². The Labute approximate surface area is 195 Å². The maximum absolute atomic E-state index is 12.1. The summed E-state index contributed by atoms with van der Waals surface area (Å²) in [5.74, 6) is -3.65. The van der Waals surface area contributed by atoms with Gasteiger partial charge in [-0.3, -0.25) is 19.2 Å². The minimum Gasteiger partial charge on any atom is -0.465 e. The number of hydrogen-bond acceptors (Lipinski definition) is 12. The summed E-state index contributed by atoms with van der Waals surface area (Å²) in [5, 5.41) is 0. The molecule has 0 spiro atoms. The Balaban J connectivity index is 2.52. The van der Waals surface area contributed by atoms with E-state index in [1.165, 1.54) is 19.2 Å². The summed E-state index contributed by atoms with van der Waals surface area (Å²) in [6.07, 6.45) is -6.79. The molecule has 1 aromatic rings. The molecule has 0 radical (unpaired) electrons. The summed E-state index contributed by atoms with van der Waals surface area (Å²) >= 11 is 0. The average Bonchev–Trinajstić information content (AvgIpc) is 2.75. The van der Waals surface area contributed by atoms with E-state index in [0.717, 1.165) is 27.7 Å². The summed E-state index contributed by atoms with van der Waals surface area (Å²) in [6.45, 7) is 4.08. The Morgan fingerprint density at radius 2 is 1.35 bits per heavy atom. The van der Waals surface area contributed by atoms with Crippen molar-refractivity contribution in [3.8, 4) is 5.75 Å². The number of rotatable bonds is 8. The summed E-state index contributed by atoms with van der Waals surface area (Å²) in [6, 6.07) is 6.03. The molecule has 1 aliphatic heterocycles. The SMILES string of the molecule is COC(=O)c1ccccc1OC1OC(COC(C)=O)C(OC(C)=O)C(OC(C)=O)C1OC(C)=O. The van der Waals surface area contributed by atoms with Gasteiger partial charge < -0.3 is 33.2 Å². The van der Waals surface area contributed by atoms with Crippen LogP contribution in [0.1, 0.15) is 38.1 Å². The van der Waals surface area contributed by atoms with Crippen molar-refractivity contribution in [2.75, 3.05) is 13.7 Å². The molecule has 34 heavy (non-hydrogen) atoms. The smallest absolute Gasteiger partial charge is 0.341 e. The Morgan fingerprint density at radius 1 is 0.794 bits per heavy atom. The molecule has 1 aromatic carbocycles. The van der Waals surface area contributed by atoms with Gasteiger partial charge in [-0.15, -0.1) is 0 Å². The Kier molecular flexibility index (Phi) is 9.36. The number of ether oxygens (including phenoxy) is 7. The number of para-hydroxylation sites is 1. The Hall–Kier alpha value is -3.67. The predicted octanol–water partition coefficient (Wildman–Crippen LogP) is 0.935. The maximum atomic E-state index is 12.1. The van der Waals surface area contributed by atoms with Crippen LogP contribution in [-0.2, 0) is 47.6 Å². The predicted molar refractivity (Wildman–Crippen MR) is 110 cm³/mol. The van der Waals surface area contributed by atoms with Gasteiger partial charge in [0.15, 0.2) is 12.2 Å². The van der Waals surface area contributed by atoms with Gasteiger partial charge in [-0.1, -0.05) is 12.1 Å². The topological polar surface area (TPSA) is 150 Å². The van der Waals surface area contributed by atoms with Crippen molar-refractivity contribution in [2.45, 2.75) is 58.4 Å². The first-order valence-electron chi connectivity index (χ1n) is 10.2. The maximum Gasteiger partial charge on any atom is 0.341 e. The highest BCUT2D eigenvalue weighted by Gasteiger charge is 2.53. The fraction of sp³-hybridized carbons (Fsp3) is 0.500.